The van der Waals surface area contributed by atoms with Crippen LogP contribution in [0, 0.1) is 11.8 Å². The van der Waals surface area contributed by atoms with Gasteiger partial charge < -0.3 is 9.11 Å². The van der Waals surface area contributed by atoms with Gasteiger partial charge in [0.25, 0.3) is 0 Å². The van der Waals surface area contributed by atoms with E-state index in [1.165, 1.54) is 244 Å². The summed E-state index contributed by atoms with van der Waals surface area (Å²) >= 11 is 0. The second kappa shape index (κ2) is 55.9. The van der Waals surface area contributed by atoms with Crippen LogP contribution in [0.5, 0.6) is 0 Å². The normalized spacial score (nSPS) is 12.8. The van der Waals surface area contributed by atoms with Crippen LogP contribution < -0.4 is 0 Å². The summed E-state index contributed by atoms with van der Waals surface area (Å²) in [5, 5.41) is 0. The van der Waals surface area contributed by atoms with E-state index in [2.05, 4.69) is 36.1 Å². The van der Waals surface area contributed by atoms with E-state index in [0.717, 1.165) is 51.4 Å². The van der Waals surface area contributed by atoms with Crippen molar-refractivity contribution < 1.29 is 34.3 Å². The summed E-state index contributed by atoms with van der Waals surface area (Å²) in [4.78, 5) is 0. The first-order valence-electron chi connectivity index (χ1n) is 28.2. The van der Waals surface area contributed by atoms with Crippen LogP contribution in [-0.2, 0) is 29.2 Å². The largest absolute Gasteiger partial charge is 2.00 e. The average molecular weight is 992 g/mol. The van der Waals surface area contributed by atoms with Gasteiger partial charge in [-0.3, -0.25) is 8.37 Å². The van der Waals surface area contributed by atoms with Gasteiger partial charge in [0.2, 0.25) is 20.8 Å². The Kier molecular flexibility index (Phi) is 60.4. The van der Waals surface area contributed by atoms with Gasteiger partial charge in [0.1, 0.15) is 0 Å². The molecule has 65 heavy (non-hydrogen) atoms. The first-order valence-corrected chi connectivity index (χ1v) is 30.9. The molecule has 0 saturated carbocycles. The average Bonchev–Trinajstić information content (AvgIpc) is 3.26. The Labute approximate surface area is 437 Å². The van der Waals surface area contributed by atoms with Gasteiger partial charge in [-0.1, -0.05) is 297 Å². The van der Waals surface area contributed by atoms with E-state index in [-0.39, 0.29) is 62.8 Å². The van der Waals surface area contributed by atoms with Crippen LogP contribution in [-0.4, -0.2) is 76.9 Å². The van der Waals surface area contributed by atoms with Crippen molar-refractivity contribution in [3.8, 4) is 0 Å². The molecule has 0 rings (SSSR count). The van der Waals surface area contributed by atoms with Crippen molar-refractivity contribution in [2.75, 3.05) is 13.2 Å². The maximum Gasteiger partial charge on any atom is 2.00 e. The summed E-state index contributed by atoms with van der Waals surface area (Å²) in [6.07, 6.45) is 59.5. The SMILES string of the molecule is CCCCCCCCCCCCCCCCCCCC(CCCCCC)COS(=O)(=O)[O-].CCCCCCCCCCCCCCCCCCCC(CCCCCC)COS(=O)(=O)[O-].[Ca+2]. The Morgan fingerprint density at radius 2 is 0.415 bits per heavy atom. The summed E-state index contributed by atoms with van der Waals surface area (Å²) in [7, 11) is -9.13. The van der Waals surface area contributed by atoms with Crippen LogP contribution in [0.3, 0.4) is 0 Å². The van der Waals surface area contributed by atoms with Gasteiger partial charge in [0.15, 0.2) is 0 Å². The predicted molar refractivity (Wildman–Crippen MR) is 279 cm³/mol. The van der Waals surface area contributed by atoms with Gasteiger partial charge in [-0.15, -0.1) is 0 Å². The maximum atomic E-state index is 10.8. The molecular formula is C54H110CaO8S2. The van der Waals surface area contributed by atoms with Gasteiger partial charge in [-0.05, 0) is 37.5 Å². The third kappa shape index (κ3) is 65.0. The van der Waals surface area contributed by atoms with Gasteiger partial charge in [0, 0.05) is 0 Å². The number of rotatable bonds is 52. The fourth-order valence-corrected chi connectivity index (χ4v) is 9.73. The maximum absolute atomic E-state index is 10.8. The minimum Gasteiger partial charge on any atom is -0.726 e. The molecule has 11 heteroatoms. The molecule has 8 nitrogen and oxygen atoms in total. The van der Waals surface area contributed by atoms with E-state index >= 15 is 0 Å². The summed E-state index contributed by atoms with van der Waals surface area (Å²) in [5.74, 6) is 0.402. The van der Waals surface area contributed by atoms with Crippen molar-refractivity contribution in [1.29, 1.82) is 0 Å². The van der Waals surface area contributed by atoms with Gasteiger partial charge in [0.05, 0.1) is 13.2 Å². The molecule has 0 aromatic carbocycles. The number of hydrogen-bond acceptors (Lipinski definition) is 8. The van der Waals surface area contributed by atoms with Crippen molar-refractivity contribution in [2.45, 2.75) is 323 Å². The van der Waals surface area contributed by atoms with Crippen LogP contribution in [0.15, 0.2) is 0 Å². The number of unbranched alkanes of at least 4 members (excludes halogenated alkanes) is 38. The smallest absolute Gasteiger partial charge is 0.726 e. The van der Waals surface area contributed by atoms with Gasteiger partial charge in [-0.2, -0.15) is 0 Å². The van der Waals surface area contributed by atoms with Gasteiger partial charge in [-0.25, -0.2) is 16.8 Å². The molecule has 0 amide bonds. The fourth-order valence-electron chi connectivity index (χ4n) is 9.02. The molecule has 0 spiro atoms. The Bertz CT molecular complexity index is 1020. The van der Waals surface area contributed by atoms with Crippen LogP contribution in [0.1, 0.15) is 323 Å². The quantitative estimate of drug-likeness (QED) is 0.0255. The molecule has 0 aliphatic rings. The topological polar surface area (TPSA) is 133 Å². The molecule has 0 radical (unpaired) electrons. The monoisotopic (exact) mass is 991 g/mol. The molecule has 0 N–H and O–H groups in total. The van der Waals surface area contributed by atoms with Crippen molar-refractivity contribution >= 4 is 58.5 Å². The molecule has 0 aromatic heterocycles. The minimum absolute atomic E-state index is 0. The molecule has 0 aliphatic heterocycles. The van der Waals surface area contributed by atoms with E-state index in [4.69, 9.17) is 0 Å². The Morgan fingerprint density at radius 3 is 0.569 bits per heavy atom. The van der Waals surface area contributed by atoms with E-state index in [1.807, 2.05) is 0 Å². The Hall–Kier alpha value is 1.000. The minimum atomic E-state index is -4.57. The molecule has 0 aromatic rings. The molecule has 0 saturated heterocycles. The fraction of sp³-hybridized carbons (Fsp3) is 1.00. The Morgan fingerprint density at radius 1 is 0.277 bits per heavy atom. The third-order valence-corrected chi connectivity index (χ3v) is 14.1. The standard InChI is InChI=1S/2C27H56O4S.Ca/c2*1-3-5-7-9-10-11-12-13-14-15-16-17-18-19-20-21-23-25-27(24-22-8-6-4-2)26-31-32(28,29)30;/h2*27H,3-26H2,1-2H3,(H,28,29,30);/q;;+2/p-2. The second-order valence-electron chi connectivity index (χ2n) is 19.7. The van der Waals surface area contributed by atoms with E-state index < -0.39 is 20.8 Å². The van der Waals surface area contributed by atoms with Crippen LogP contribution in [0.25, 0.3) is 0 Å². The van der Waals surface area contributed by atoms with E-state index in [1.54, 1.807) is 0 Å². The molecule has 388 valence electrons. The summed E-state index contributed by atoms with van der Waals surface area (Å²) in [6, 6.07) is 0. The van der Waals surface area contributed by atoms with Crippen LogP contribution in [0.4, 0.5) is 0 Å². The third-order valence-electron chi connectivity index (χ3n) is 13.3. The molecule has 0 bridgehead atoms. The molecular weight excluding hydrogens is 881 g/mol. The van der Waals surface area contributed by atoms with Crippen molar-refractivity contribution in [3.63, 3.8) is 0 Å². The van der Waals surface area contributed by atoms with Crippen molar-refractivity contribution in [1.82, 2.24) is 0 Å². The van der Waals surface area contributed by atoms with Crippen molar-refractivity contribution in [2.24, 2.45) is 11.8 Å². The zero-order valence-corrected chi connectivity index (χ0v) is 47.7. The van der Waals surface area contributed by atoms with Gasteiger partial charge >= 0.3 is 37.7 Å². The van der Waals surface area contributed by atoms with Crippen LogP contribution in [0.2, 0.25) is 0 Å². The first kappa shape index (κ1) is 70.3. The van der Waals surface area contributed by atoms with E-state index in [9.17, 15) is 25.9 Å². The molecule has 0 heterocycles. The summed E-state index contributed by atoms with van der Waals surface area (Å²) < 4.78 is 73.7. The zero-order valence-electron chi connectivity index (χ0n) is 43.9. The predicted octanol–water partition coefficient (Wildman–Crippen LogP) is 17.8. The molecule has 2 unspecified atom stereocenters. The summed E-state index contributed by atoms with van der Waals surface area (Å²) in [6.45, 7) is 9.05. The molecule has 2 atom stereocenters. The Balaban J connectivity index is -0.00000116. The number of hydrogen-bond donors (Lipinski definition) is 0. The molecule has 0 fully saturated rings. The first-order chi connectivity index (χ1) is 31.0. The zero-order chi connectivity index (χ0) is 47.5. The second-order valence-corrected chi connectivity index (χ2v) is 21.8. The molecule has 0 aliphatic carbocycles. The summed E-state index contributed by atoms with van der Waals surface area (Å²) in [5.41, 5.74) is 0. The van der Waals surface area contributed by atoms with E-state index in [0.29, 0.717) is 0 Å². The van der Waals surface area contributed by atoms with Crippen LogP contribution >= 0.6 is 0 Å². The van der Waals surface area contributed by atoms with Crippen molar-refractivity contribution in [3.05, 3.63) is 0 Å².